The number of hydrazone groups is 1. The van der Waals surface area contributed by atoms with Crippen molar-refractivity contribution in [1.82, 2.24) is 5.43 Å². The van der Waals surface area contributed by atoms with Crippen LogP contribution in [0.1, 0.15) is 5.56 Å². The summed E-state index contributed by atoms with van der Waals surface area (Å²) in [6, 6.07) is 8.31. The summed E-state index contributed by atoms with van der Waals surface area (Å²) in [7, 11) is 0. The number of carbonyl (C=O) groups is 1. The molecule has 2 rings (SSSR count). The van der Waals surface area contributed by atoms with Crippen LogP contribution in [-0.2, 0) is 4.79 Å². The number of rotatable bonds is 6. The van der Waals surface area contributed by atoms with Crippen LogP contribution in [0, 0.1) is 10.1 Å². The molecule has 2 aromatic carbocycles. The molecule has 25 heavy (non-hydrogen) atoms. The van der Waals surface area contributed by atoms with E-state index in [2.05, 4.69) is 26.5 Å². The average molecular weight is 429 g/mol. The Morgan fingerprint density at radius 1 is 1.40 bits per heavy atom. The number of carbonyl (C=O) groups excluding carboxylic acids is 1. The lowest BCUT2D eigenvalue weighted by atomic mass is 10.2. The molecule has 0 aliphatic rings. The van der Waals surface area contributed by atoms with Gasteiger partial charge in [0.25, 0.3) is 11.6 Å². The molecule has 0 bridgehead atoms. The number of aromatic hydroxyl groups is 1. The van der Waals surface area contributed by atoms with E-state index in [9.17, 15) is 20.0 Å². The van der Waals surface area contributed by atoms with Crippen LogP contribution in [0.25, 0.3) is 0 Å². The summed E-state index contributed by atoms with van der Waals surface area (Å²) in [6.45, 7) is -0.320. The monoisotopic (exact) mass is 427 g/mol. The summed E-state index contributed by atoms with van der Waals surface area (Å²) in [5.74, 6) is -0.303. The Morgan fingerprint density at radius 3 is 2.84 bits per heavy atom. The molecule has 1 amide bonds. The zero-order chi connectivity index (χ0) is 18.4. The van der Waals surface area contributed by atoms with E-state index in [1.165, 1.54) is 6.07 Å². The molecule has 8 nitrogen and oxygen atoms in total. The molecule has 130 valence electrons. The SMILES string of the molecule is O=C(COc1ccc(Cl)cc1Br)N/N=C\c1cc(O)ccc1[N+](=O)[O-]. The van der Waals surface area contributed by atoms with Crippen molar-refractivity contribution in [3.8, 4) is 11.5 Å². The lowest BCUT2D eigenvalue weighted by Crippen LogP contribution is -2.24. The molecule has 0 heterocycles. The lowest BCUT2D eigenvalue weighted by molar-refractivity contribution is -0.385. The van der Waals surface area contributed by atoms with Crippen molar-refractivity contribution >= 4 is 45.3 Å². The van der Waals surface area contributed by atoms with Crippen LogP contribution < -0.4 is 10.2 Å². The standard InChI is InChI=1S/C15H11BrClN3O5/c16-12-6-10(17)1-4-14(12)25-8-15(22)19-18-7-9-5-11(21)2-3-13(9)20(23)24/h1-7,21H,8H2,(H,19,22)/b18-7-. The number of hydrogen-bond acceptors (Lipinski definition) is 6. The zero-order valence-corrected chi connectivity index (χ0v) is 14.8. The molecule has 0 aliphatic heterocycles. The van der Waals surface area contributed by atoms with Gasteiger partial charge >= 0.3 is 0 Å². The number of nitro benzene ring substituents is 1. The Hall–Kier alpha value is -2.65. The van der Waals surface area contributed by atoms with Crippen LogP contribution in [0.2, 0.25) is 5.02 Å². The van der Waals surface area contributed by atoms with Gasteiger partial charge in [0.05, 0.1) is 21.2 Å². The summed E-state index contributed by atoms with van der Waals surface area (Å²) in [4.78, 5) is 22.0. The van der Waals surface area contributed by atoms with Crippen LogP contribution in [0.15, 0.2) is 46.0 Å². The average Bonchev–Trinajstić information content (AvgIpc) is 2.54. The first-order chi connectivity index (χ1) is 11.9. The van der Waals surface area contributed by atoms with Crippen LogP contribution in [0.5, 0.6) is 11.5 Å². The van der Waals surface area contributed by atoms with Gasteiger partial charge in [-0.05, 0) is 46.3 Å². The lowest BCUT2D eigenvalue weighted by Gasteiger charge is -2.07. The highest BCUT2D eigenvalue weighted by Crippen LogP contribution is 2.27. The van der Waals surface area contributed by atoms with Crippen molar-refractivity contribution in [2.75, 3.05) is 6.61 Å². The summed E-state index contributed by atoms with van der Waals surface area (Å²) in [6.07, 6.45) is 1.06. The first-order valence-corrected chi connectivity index (χ1v) is 7.91. The molecule has 0 fully saturated rings. The minimum Gasteiger partial charge on any atom is -0.508 e. The zero-order valence-electron chi connectivity index (χ0n) is 12.5. The number of benzene rings is 2. The highest BCUT2D eigenvalue weighted by atomic mass is 79.9. The fraction of sp³-hybridized carbons (Fsp3) is 0.0667. The highest BCUT2D eigenvalue weighted by molar-refractivity contribution is 9.10. The van der Waals surface area contributed by atoms with E-state index < -0.39 is 10.8 Å². The van der Waals surface area contributed by atoms with Gasteiger partial charge in [0.1, 0.15) is 11.5 Å². The van der Waals surface area contributed by atoms with Crippen molar-refractivity contribution in [1.29, 1.82) is 0 Å². The molecular formula is C15H11BrClN3O5. The van der Waals surface area contributed by atoms with Gasteiger partial charge in [0.2, 0.25) is 0 Å². The number of nitrogens with zero attached hydrogens (tertiary/aromatic N) is 2. The van der Waals surface area contributed by atoms with E-state index in [1.54, 1.807) is 18.2 Å². The summed E-state index contributed by atoms with van der Waals surface area (Å²) in [5.41, 5.74) is 1.97. The van der Waals surface area contributed by atoms with Gasteiger partial charge in [0, 0.05) is 11.1 Å². The van der Waals surface area contributed by atoms with E-state index in [1.807, 2.05) is 0 Å². The minimum atomic E-state index is -0.621. The molecule has 0 saturated heterocycles. The topological polar surface area (TPSA) is 114 Å². The molecule has 0 aliphatic carbocycles. The molecule has 10 heteroatoms. The third kappa shape index (κ3) is 5.44. The van der Waals surface area contributed by atoms with Crippen LogP contribution in [0.3, 0.4) is 0 Å². The quantitative estimate of drug-likeness (QED) is 0.416. The predicted molar refractivity (Wildman–Crippen MR) is 95.1 cm³/mol. The second-order valence-corrected chi connectivity index (χ2v) is 5.95. The van der Waals surface area contributed by atoms with Gasteiger partial charge in [-0.15, -0.1) is 0 Å². The van der Waals surface area contributed by atoms with E-state index in [-0.39, 0.29) is 23.6 Å². The number of halogens is 2. The smallest absolute Gasteiger partial charge is 0.278 e. The Balaban J connectivity index is 1.95. The van der Waals surface area contributed by atoms with Crippen LogP contribution in [0.4, 0.5) is 5.69 Å². The highest BCUT2D eigenvalue weighted by Gasteiger charge is 2.12. The van der Waals surface area contributed by atoms with Crippen molar-refractivity contribution < 1.29 is 19.6 Å². The second-order valence-electron chi connectivity index (χ2n) is 4.66. The number of ether oxygens (including phenoxy) is 1. The third-order valence-electron chi connectivity index (χ3n) is 2.85. The van der Waals surface area contributed by atoms with E-state index >= 15 is 0 Å². The Kier molecular flexibility index (Phi) is 6.31. The Bertz CT molecular complexity index is 844. The largest absolute Gasteiger partial charge is 0.508 e. The summed E-state index contributed by atoms with van der Waals surface area (Å²) >= 11 is 9.05. The number of hydrogen-bond donors (Lipinski definition) is 2. The van der Waals surface area contributed by atoms with E-state index in [0.717, 1.165) is 18.3 Å². The molecule has 0 unspecified atom stereocenters. The Labute approximate surface area is 155 Å². The first-order valence-electron chi connectivity index (χ1n) is 6.74. The van der Waals surface area contributed by atoms with E-state index in [0.29, 0.717) is 15.2 Å². The van der Waals surface area contributed by atoms with E-state index in [4.69, 9.17) is 16.3 Å². The number of amides is 1. The third-order valence-corrected chi connectivity index (χ3v) is 3.71. The normalized spacial score (nSPS) is 10.6. The fourth-order valence-electron chi connectivity index (χ4n) is 1.75. The van der Waals surface area contributed by atoms with Gasteiger partial charge in [-0.2, -0.15) is 5.10 Å². The summed E-state index contributed by atoms with van der Waals surface area (Å²) in [5, 5.41) is 24.4. The van der Waals surface area contributed by atoms with Crippen LogP contribution >= 0.6 is 27.5 Å². The molecule has 0 radical (unpaired) electrons. The van der Waals surface area contributed by atoms with Crippen molar-refractivity contribution in [2.45, 2.75) is 0 Å². The molecule has 2 N–H and O–H groups in total. The maximum atomic E-state index is 11.7. The fourth-order valence-corrected chi connectivity index (χ4v) is 2.55. The number of nitro groups is 1. The van der Waals surface area contributed by atoms with Gasteiger partial charge in [-0.25, -0.2) is 5.43 Å². The summed E-state index contributed by atoms with van der Waals surface area (Å²) < 4.78 is 5.89. The number of phenols is 1. The maximum absolute atomic E-state index is 11.7. The molecule has 0 atom stereocenters. The van der Waals surface area contributed by atoms with Crippen molar-refractivity contribution in [2.24, 2.45) is 5.10 Å². The number of phenolic OH excluding ortho intramolecular Hbond substituents is 1. The predicted octanol–water partition coefficient (Wildman–Crippen LogP) is 3.25. The molecular weight excluding hydrogens is 418 g/mol. The Morgan fingerprint density at radius 2 is 2.16 bits per heavy atom. The van der Waals surface area contributed by atoms with Gasteiger partial charge < -0.3 is 9.84 Å². The van der Waals surface area contributed by atoms with Gasteiger partial charge in [-0.3, -0.25) is 14.9 Å². The van der Waals surface area contributed by atoms with Gasteiger partial charge in [0.15, 0.2) is 6.61 Å². The van der Waals surface area contributed by atoms with Crippen molar-refractivity contribution in [3.05, 3.63) is 61.6 Å². The maximum Gasteiger partial charge on any atom is 0.278 e. The molecule has 2 aromatic rings. The molecule has 0 saturated carbocycles. The molecule has 0 spiro atoms. The second kappa shape index (κ2) is 8.45. The number of nitrogens with one attached hydrogen (secondary N) is 1. The van der Waals surface area contributed by atoms with Gasteiger partial charge in [-0.1, -0.05) is 11.6 Å². The first kappa shape index (κ1) is 18.7. The minimum absolute atomic E-state index is 0.0478. The molecule has 0 aromatic heterocycles. The van der Waals surface area contributed by atoms with Crippen LogP contribution in [-0.4, -0.2) is 28.8 Å². The van der Waals surface area contributed by atoms with Crippen molar-refractivity contribution in [3.63, 3.8) is 0 Å².